The number of nitrogen functional groups attached to an aromatic ring is 1. The van der Waals surface area contributed by atoms with Crippen LogP contribution in [0.3, 0.4) is 0 Å². The van der Waals surface area contributed by atoms with E-state index in [2.05, 4.69) is 18.3 Å². The number of anilines is 2. The Hall–Kier alpha value is -2.40. The second kappa shape index (κ2) is 6.15. The summed E-state index contributed by atoms with van der Waals surface area (Å²) in [5, 5.41) is 3.84. The first-order valence-electron chi connectivity index (χ1n) is 8.60. The summed E-state index contributed by atoms with van der Waals surface area (Å²) in [7, 11) is 0. The third-order valence-corrected chi connectivity index (χ3v) is 5.96. The van der Waals surface area contributed by atoms with Gasteiger partial charge in [-0.15, -0.1) is 11.3 Å². The lowest BCUT2D eigenvalue weighted by Gasteiger charge is -2.20. The predicted octanol–water partition coefficient (Wildman–Crippen LogP) is 4.56. The van der Waals surface area contributed by atoms with E-state index < -0.39 is 0 Å². The van der Waals surface area contributed by atoms with Gasteiger partial charge >= 0.3 is 0 Å². The van der Waals surface area contributed by atoms with Crippen LogP contribution in [0.4, 0.5) is 11.4 Å². The summed E-state index contributed by atoms with van der Waals surface area (Å²) >= 11 is 1.38. The summed E-state index contributed by atoms with van der Waals surface area (Å²) in [6.07, 6.45) is 3.22. The summed E-state index contributed by atoms with van der Waals surface area (Å²) in [6.45, 7) is 4.29. The molecule has 0 spiro atoms. The Kier molecular flexibility index (Phi) is 3.96. The smallest absolute Gasteiger partial charge is 0.267 e. The quantitative estimate of drug-likeness (QED) is 0.711. The number of fused-ring (bicyclic) bond motifs is 2. The number of nitrogens with one attached hydrogen (secondary N) is 1. The molecule has 0 fully saturated rings. The number of aryl methyl sites for hydroxylation is 2. The second-order valence-electron chi connectivity index (χ2n) is 6.96. The Morgan fingerprint density at radius 1 is 1.32 bits per heavy atom. The molecule has 3 aromatic rings. The standard InChI is InChI=1S/C20H21N3OS/c1-11-3-6-14(7-4-11)22-19(24)18-17(21)15-10-13-9-12(2)5-8-16(13)23-20(15)25-18/h3-4,6-7,10,12H,5,8-9,21H2,1-2H3,(H,22,24). The van der Waals surface area contributed by atoms with Gasteiger partial charge in [-0.25, -0.2) is 4.98 Å². The molecule has 0 saturated carbocycles. The zero-order valence-electron chi connectivity index (χ0n) is 14.4. The van der Waals surface area contributed by atoms with E-state index in [4.69, 9.17) is 10.7 Å². The number of aromatic nitrogens is 1. The molecule has 2 aromatic heterocycles. The van der Waals surface area contributed by atoms with Crippen LogP contribution in [-0.4, -0.2) is 10.9 Å². The lowest BCUT2D eigenvalue weighted by atomic mass is 9.87. The van der Waals surface area contributed by atoms with Crippen molar-refractivity contribution in [2.75, 3.05) is 11.1 Å². The van der Waals surface area contributed by atoms with Crippen LogP contribution in [0.5, 0.6) is 0 Å². The molecule has 128 valence electrons. The number of carbonyl (C=O) groups excluding carboxylic acids is 1. The van der Waals surface area contributed by atoms with Gasteiger partial charge in [-0.2, -0.15) is 0 Å². The van der Waals surface area contributed by atoms with Crippen LogP contribution in [0, 0.1) is 12.8 Å². The first kappa shape index (κ1) is 16.1. The molecule has 1 aromatic carbocycles. The maximum atomic E-state index is 12.7. The molecule has 2 heterocycles. The fourth-order valence-electron chi connectivity index (χ4n) is 3.37. The van der Waals surface area contributed by atoms with E-state index >= 15 is 0 Å². The number of thiophene rings is 1. The Morgan fingerprint density at radius 2 is 2.08 bits per heavy atom. The molecule has 3 N–H and O–H groups in total. The third kappa shape index (κ3) is 3.00. The number of pyridine rings is 1. The van der Waals surface area contributed by atoms with E-state index in [0.717, 1.165) is 40.0 Å². The molecule has 4 rings (SSSR count). The Morgan fingerprint density at radius 3 is 2.84 bits per heavy atom. The lowest BCUT2D eigenvalue weighted by Crippen LogP contribution is -2.12. The molecule has 0 radical (unpaired) electrons. The van der Waals surface area contributed by atoms with Crippen LogP contribution in [0.25, 0.3) is 10.2 Å². The van der Waals surface area contributed by atoms with Crippen molar-refractivity contribution in [2.45, 2.75) is 33.1 Å². The number of nitrogens with zero attached hydrogens (tertiary/aromatic N) is 1. The van der Waals surface area contributed by atoms with Gasteiger partial charge in [0.15, 0.2) is 0 Å². The molecule has 0 saturated heterocycles. The highest BCUT2D eigenvalue weighted by Gasteiger charge is 2.22. The van der Waals surface area contributed by atoms with E-state index in [1.54, 1.807) is 0 Å². The average Bonchev–Trinajstić information content (AvgIpc) is 2.91. The lowest BCUT2D eigenvalue weighted by molar-refractivity contribution is 0.103. The van der Waals surface area contributed by atoms with Gasteiger partial charge in [0.2, 0.25) is 0 Å². The van der Waals surface area contributed by atoms with Crippen molar-refractivity contribution >= 4 is 38.8 Å². The summed E-state index contributed by atoms with van der Waals surface area (Å²) in [4.78, 5) is 18.8. The molecule has 5 heteroatoms. The van der Waals surface area contributed by atoms with Gasteiger partial charge in [-0.3, -0.25) is 4.79 Å². The first-order valence-corrected chi connectivity index (χ1v) is 9.41. The van der Waals surface area contributed by atoms with E-state index in [1.165, 1.54) is 23.3 Å². The molecule has 1 unspecified atom stereocenters. The molecule has 1 amide bonds. The van der Waals surface area contributed by atoms with E-state index in [9.17, 15) is 4.79 Å². The SMILES string of the molecule is Cc1ccc(NC(=O)c2sc3nc4c(cc3c2N)CC(C)CC4)cc1. The highest BCUT2D eigenvalue weighted by atomic mass is 32.1. The minimum Gasteiger partial charge on any atom is -0.397 e. The summed E-state index contributed by atoms with van der Waals surface area (Å²) in [5.74, 6) is 0.506. The van der Waals surface area contributed by atoms with Crippen molar-refractivity contribution in [1.29, 1.82) is 0 Å². The van der Waals surface area contributed by atoms with Crippen molar-refractivity contribution in [2.24, 2.45) is 5.92 Å². The monoisotopic (exact) mass is 351 g/mol. The zero-order valence-corrected chi connectivity index (χ0v) is 15.2. The minimum atomic E-state index is -0.171. The molecule has 0 bridgehead atoms. The largest absolute Gasteiger partial charge is 0.397 e. The molecule has 4 nitrogen and oxygen atoms in total. The average molecular weight is 351 g/mol. The van der Waals surface area contributed by atoms with Crippen molar-refractivity contribution in [3.05, 3.63) is 52.0 Å². The molecule has 1 aliphatic rings. The summed E-state index contributed by atoms with van der Waals surface area (Å²) in [6, 6.07) is 9.88. The van der Waals surface area contributed by atoms with Gasteiger partial charge < -0.3 is 11.1 Å². The normalized spacial score (nSPS) is 16.6. The highest BCUT2D eigenvalue weighted by Crippen LogP contribution is 2.36. The molecule has 1 aliphatic carbocycles. The fraction of sp³-hybridized carbons (Fsp3) is 0.300. The van der Waals surface area contributed by atoms with Crippen LogP contribution in [-0.2, 0) is 12.8 Å². The maximum Gasteiger partial charge on any atom is 0.267 e. The second-order valence-corrected chi connectivity index (χ2v) is 7.96. The van der Waals surface area contributed by atoms with Crippen molar-refractivity contribution in [3.63, 3.8) is 0 Å². The first-order chi connectivity index (χ1) is 12.0. The number of rotatable bonds is 2. The van der Waals surface area contributed by atoms with Crippen molar-refractivity contribution < 1.29 is 4.79 Å². The number of nitrogens with two attached hydrogens (primary N) is 1. The number of amides is 1. The van der Waals surface area contributed by atoms with Crippen LogP contribution in [0.2, 0.25) is 0 Å². The van der Waals surface area contributed by atoms with Gasteiger partial charge in [0, 0.05) is 16.8 Å². The zero-order chi connectivity index (χ0) is 17.6. The maximum absolute atomic E-state index is 12.7. The van der Waals surface area contributed by atoms with Crippen molar-refractivity contribution in [1.82, 2.24) is 4.98 Å². The third-order valence-electron chi connectivity index (χ3n) is 4.85. The molecule has 0 aliphatic heterocycles. The van der Waals surface area contributed by atoms with Crippen LogP contribution in [0.1, 0.15) is 39.8 Å². The molecule has 25 heavy (non-hydrogen) atoms. The predicted molar refractivity (Wildman–Crippen MR) is 104 cm³/mol. The van der Waals surface area contributed by atoms with Gasteiger partial charge in [-0.05, 0) is 55.9 Å². The Balaban J connectivity index is 1.69. The highest BCUT2D eigenvalue weighted by molar-refractivity contribution is 7.21. The van der Waals surface area contributed by atoms with Gasteiger partial charge in [0.25, 0.3) is 5.91 Å². The topological polar surface area (TPSA) is 68.0 Å². The van der Waals surface area contributed by atoms with E-state index in [1.807, 2.05) is 31.2 Å². The Bertz CT molecular complexity index is 959. The molecule has 1 atom stereocenters. The van der Waals surface area contributed by atoms with Crippen LogP contribution in [0.15, 0.2) is 30.3 Å². The van der Waals surface area contributed by atoms with E-state index in [0.29, 0.717) is 16.5 Å². The van der Waals surface area contributed by atoms with Crippen molar-refractivity contribution in [3.8, 4) is 0 Å². The summed E-state index contributed by atoms with van der Waals surface area (Å²) < 4.78 is 0. The number of hydrogen-bond donors (Lipinski definition) is 2. The van der Waals surface area contributed by atoms with Crippen LogP contribution >= 0.6 is 11.3 Å². The number of benzene rings is 1. The molecular formula is C20H21N3OS. The van der Waals surface area contributed by atoms with Gasteiger partial charge in [0.1, 0.15) is 9.71 Å². The molecular weight excluding hydrogens is 330 g/mol. The van der Waals surface area contributed by atoms with Gasteiger partial charge in [0.05, 0.1) is 5.69 Å². The Labute approximate surface area is 151 Å². The fourth-order valence-corrected chi connectivity index (χ4v) is 4.36. The minimum absolute atomic E-state index is 0.171. The van der Waals surface area contributed by atoms with Crippen LogP contribution < -0.4 is 11.1 Å². The number of hydrogen-bond acceptors (Lipinski definition) is 4. The summed E-state index contributed by atoms with van der Waals surface area (Å²) in [5.41, 5.74) is 11.2. The number of carbonyl (C=O) groups is 1. The van der Waals surface area contributed by atoms with E-state index in [-0.39, 0.29) is 5.91 Å². The van der Waals surface area contributed by atoms with Gasteiger partial charge in [-0.1, -0.05) is 24.6 Å².